The molecule has 1 atom stereocenters. The smallest absolute Gasteiger partial charge is 0.228 e. The summed E-state index contributed by atoms with van der Waals surface area (Å²) in [4.78, 5) is 13.0. The van der Waals surface area contributed by atoms with Crippen LogP contribution in [0.15, 0.2) is 18.2 Å². The van der Waals surface area contributed by atoms with Crippen molar-refractivity contribution in [1.29, 1.82) is 5.26 Å². The first-order chi connectivity index (χ1) is 8.15. The topological polar surface area (TPSA) is 44.1 Å². The lowest BCUT2D eigenvalue weighted by Gasteiger charge is -2.16. The third-order valence-corrected chi connectivity index (χ3v) is 2.73. The lowest BCUT2D eigenvalue weighted by Crippen LogP contribution is -2.25. The highest BCUT2D eigenvalue weighted by molar-refractivity contribution is 5.96. The van der Waals surface area contributed by atoms with Gasteiger partial charge in [-0.15, -0.1) is 12.3 Å². The highest BCUT2D eigenvalue weighted by atomic mass is 19.1. The fourth-order valence-electron chi connectivity index (χ4n) is 1.85. The first kappa shape index (κ1) is 11.2. The highest BCUT2D eigenvalue weighted by Gasteiger charge is 2.30. The van der Waals surface area contributed by atoms with Gasteiger partial charge in [0.2, 0.25) is 5.91 Å². The average molecular weight is 228 g/mol. The number of carbonyl (C=O) groups excluding carboxylic acids is 1. The maximum atomic E-state index is 13.7. The minimum atomic E-state index is -0.574. The van der Waals surface area contributed by atoms with E-state index >= 15 is 0 Å². The Morgan fingerprint density at radius 2 is 2.29 bits per heavy atom. The van der Waals surface area contributed by atoms with E-state index in [1.807, 2.05) is 6.07 Å². The Morgan fingerprint density at radius 3 is 2.82 bits per heavy atom. The number of carbonyl (C=O) groups is 1. The summed E-state index contributed by atoms with van der Waals surface area (Å²) in [5.41, 5.74) is 0.415. The Bertz CT molecular complexity index is 554. The Labute approximate surface area is 98.5 Å². The van der Waals surface area contributed by atoms with E-state index in [0.717, 1.165) is 6.07 Å². The van der Waals surface area contributed by atoms with Gasteiger partial charge in [0.25, 0.3) is 0 Å². The van der Waals surface area contributed by atoms with Crippen LogP contribution < -0.4 is 4.90 Å². The largest absolute Gasteiger partial charge is 0.308 e. The average Bonchev–Trinajstić information content (AvgIpc) is 2.70. The van der Waals surface area contributed by atoms with Crippen LogP contribution in [0.1, 0.15) is 12.0 Å². The van der Waals surface area contributed by atoms with Crippen LogP contribution in [0, 0.1) is 35.4 Å². The molecule has 1 amide bonds. The van der Waals surface area contributed by atoms with E-state index in [2.05, 4.69) is 5.92 Å². The van der Waals surface area contributed by atoms with Crippen LogP contribution in [-0.4, -0.2) is 12.5 Å². The van der Waals surface area contributed by atoms with Crippen LogP contribution >= 0.6 is 0 Å². The molecular formula is C13H9FN2O. The van der Waals surface area contributed by atoms with Gasteiger partial charge in [-0.3, -0.25) is 4.79 Å². The van der Waals surface area contributed by atoms with Gasteiger partial charge in [-0.05, 0) is 18.2 Å². The van der Waals surface area contributed by atoms with Crippen LogP contribution in [-0.2, 0) is 4.79 Å². The monoisotopic (exact) mass is 228 g/mol. The molecule has 0 spiro atoms. The number of benzene rings is 1. The van der Waals surface area contributed by atoms with Crippen LogP contribution in [0.2, 0.25) is 0 Å². The number of hydrogen-bond donors (Lipinski definition) is 0. The molecule has 0 radical (unpaired) electrons. The molecule has 4 heteroatoms. The zero-order valence-corrected chi connectivity index (χ0v) is 8.98. The molecule has 2 rings (SSSR count). The lowest BCUT2D eigenvalue weighted by atomic mass is 10.1. The van der Waals surface area contributed by atoms with Crippen molar-refractivity contribution in [2.45, 2.75) is 6.42 Å². The zero-order valence-electron chi connectivity index (χ0n) is 8.98. The molecule has 1 fully saturated rings. The fourth-order valence-corrected chi connectivity index (χ4v) is 1.85. The number of rotatable bonds is 1. The van der Waals surface area contributed by atoms with Crippen LogP contribution in [0.3, 0.4) is 0 Å². The number of halogens is 1. The first-order valence-electron chi connectivity index (χ1n) is 5.12. The molecular weight excluding hydrogens is 219 g/mol. The predicted octanol–water partition coefficient (Wildman–Crippen LogP) is 1.68. The molecule has 1 aromatic rings. The van der Waals surface area contributed by atoms with Gasteiger partial charge >= 0.3 is 0 Å². The van der Waals surface area contributed by atoms with E-state index in [1.165, 1.54) is 17.0 Å². The molecule has 0 aliphatic carbocycles. The van der Waals surface area contributed by atoms with Crippen molar-refractivity contribution < 1.29 is 9.18 Å². The molecule has 0 aromatic heterocycles. The van der Waals surface area contributed by atoms with E-state index in [-0.39, 0.29) is 29.5 Å². The van der Waals surface area contributed by atoms with Crippen molar-refractivity contribution in [1.82, 2.24) is 0 Å². The molecule has 1 heterocycles. The van der Waals surface area contributed by atoms with Gasteiger partial charge < -0.3 is 4.90 Å². The second kappa shape index (κ2) is 4.27. The molecule has 17 heavy (non-hydrogen) atoms. The van der Waals surface area contributed by atoms with E-state index in [9.17, 15) is 9.18 Å². The van der Waals surface area contributed by atoms with E-state index in [4.69, 9.17) is 11.7 Å². The van der Waals surface area contributed by atoms with Crippen molar-refractivity contribution in [3.05, 3.63) is 29.6 Å². The molecule has 84 valence electrons. The van der Waals surface area contributed by atoms with Crippen molar-refractivity contribution in [3.8, 4) is 18.4 Å². The van der Waals surface area contributed by atoms with Gasteiger partial charge in [0.05, 0.1) is 17.3 Å². The molecule has 0 bridgehead atoms. The van der Waals surface area contributed by atoms with Crippen LogP contribution in [0.25, 0.3) is 0 Å². The number of hydrogen-bond acceptors (Lipinski definition) is 2. The number of nitriles is 1. The summed E-state index contributed by atoms with van der Waals surface area (Å²) in [5, 5.41) is 8.63. The second-order valence-corrected chi connectivity index (χ2v) is 3.85. The Hall–Kier alpha value is -2.33. The van der Waals surface area contributed by atoms with Crippen LogP contribution in [0.5, 0.6) is 0 Å². The van der Waals surface area contributed by atoms with Gasteiger partial charge in [0.1, 0.15) is 5.82 Å². The number of nitrogens with zero attached hydrogens (tertiary/aromatic N) is 2. The van der Waals surface area contributed by atoms with Gasteiger partial charge in [-0.1, -0.05) is 0 Å². The van der Waals surface area contributed by atoms with Crippen molar-refractivity contribution in [2.75, 3.05) is 11.4 Å². The van der Waals surface area contributed by atoms with Crippen LogP contribution in [0.4, 0.5) is 10.1 Å². The maximum absolute atomic E-state index is 13.7. The van der Waals surface area contributed by atoms with E-state index < -0.39 is 5.82 Å². The van der Waals surface area contributed by atoms with Gasteiger partial charge in [0, 0.05) is 18.9 Å². The third kappa shape index (κ3) is 1.98. The SMILES string of the molecule is C#CC1CC(=O)N(c2ccc(C#N)cc2F)C1. The van der Waals surface area contributed by atoms with Crippen molar-refractivity contribution in [3.63, 3.8) is 0 Å². The summed E-state index contributed by atoms with van der Waals surface area (Å²) >= 11 is 0. The number of amides is 1. The predicted molar refractivity (Wildman–Crippen MR) is 60.4 cm³/mol. The van der Waals surface area contributed by atoms with Gasteiger partial charge in [0.15, 0.2) is 0 Å². The van der Waals surface area contributed by atoms with E-state index in [0.29, 0.717) is 6.54 Å². The normalized spacial score (nSPS) is 18.9. The quantitative estimate of drug-likeness (QED) is 0.686. The first-order valence-corrected chi connectivity index (χ1v) is 5.12. The Morgan fingerprint density at radius 1 is 1.53 bits per heavy atom. The molecule has 0 N–H and O–H groups in total. The Kier molecular flexibility index (Phi) is 2.80. The number of terminal acetylenes is 1. The summed E-state index contributed by atoms with van der Waals surface area (Å²) in [5.74, 6) is 1.57. The summed E-state index contributed by atoms with van der Waals surface area (Å²) in [6, 6.07) is 5.87. The molecule has 1 aliphatic rings. The van der Waals surface area contributed by atoms with E-state index in [1.54, 1.807) is 0 Å². The van der Waals surface area contributed by atoms with Gasteiger partial charge in [-0.25, -0.2) is 4.39 Å². The molecule has 0 saturated carbocycles. The molecule has 1 aliphatic heterocycles. The third-order valence-electron chi connectivity index (χ3n) is 2.73. The highest BCUT2D eigenvalue weighted by Crippen LogP contribution is 2.27. The summed E-state index contributed by atoms with van der Waals surface area (Å²) in [6.07, 6.45) is 5.50. The fraction of sp³-hybridized carbons (Fsp3) is 0.231. The summed E-state index contributed by atoms with van der Waals surface area (Å²) in [7, 11) is 0. The lowest BCUT2D eigenvalue weighted by molar-refractivity contribution is -0.117. The minimum absolute atomic E-state index is 0.169. The summed E-state index contributed by atoms with van der Waals surface area (Å²) < 4.78 is 13.7. The standard InChI is InChI=1S/C13H9FN2O/c1-2-9-6-13(17)16(8-9)12-4-3-10(7-15)5-11(12)14/h1,3-5,9H,6,8H2. The molecule has 1 saturated heterocycles. The minimum Gasteiger partial charge on any atom is -0.308 e. The Balaban J connectivity index is 2.33. The molecule has 1 aromatic carbocycles. The molecule has 3 nitrogen and oxygen atoms in total. The maximum Gasteiger partial charge on any atom is 0.228 e. The zero-order chi connectivity index (χ0) is 12.4. The van der Waals surface area contributed by atoms with Crippen molar-refractivity contribution in [2.24, 2.45) is 5.92 Å². The summed E-state index contributed by atoms with van der Waals surface area (Å²) in [6.45, 7) is 0.332. The second-order valence-electron chi connectivity index (χ2n) is 3.85. The van der Waals surface area contributed by atoms with Gasteiger partial charge in [-0.2, -0.15) is 5.26 Å². The van der Waals surface area contributed by atoms with Crippen molar-refractivity contribution >= 4 is 11.6 Å². The number of anilines is 1. The molecule has 1 unspecified atom stereocenters.